The number of nitrogens with one attached hydrogen (secondary N) is 1. The molecule has 5 nitrogen and oxygen atoms in total. The van der Waals surface area contributed by atoms with Gasteiger partial charge in [0.1, 0.15) is 0 Å². The SMILES string of the molecule is CC1CCCC(c2cncn2CCN2CCOCC2)N1. The van der Waals surface area contributed by atoms with E-state index in [1.165, 1.54) is 25.0 Å². The number of piperidine rings is 1. The van der Waals surface area contributed by atoms with Crippen LogP contribution in [0.15, 0.2) is 12.5 Å². The first-order valence-corrected chi connectivity index (χ1v) is 7.89. The second kappa shape index (κ2) is 6.70. The summed E-state index contributed by atoms with van der Waals surface area (Å²) in [6.45, 7) is 8.26. The maximum absolute atomic E-state index is 5.40. The van der Waals surface area contributed by atoms with Crippen molar-refractivity contribution >= 4 is 0 Å². The fraction of sp³-hybridized carbons (Fsp3) is 0.800. The van der Waals surface area contributed by atoms with Crippen molar-refractivity contribution in [1.29, 1.82) is 0 Å². The molecule has 0 saturated carbocycles. The predicted molar refractivity (Wildman–Crippen MR) is 78.7 cm³/mol. The van der Waals surface area contributed by atoms with Crippen molar-refractivity contribution in [3.8, 4) is 0 Å². The number of ether oxygens (including phenoxy) is 1. The van der Waals surface area contributed by atoms with Gasteiger partial charge in [0.25, 0.3) is 0 Å². The van der Waals surface area contributed by atoms with E-state index >= 15 is 0 Å². The lowest BCUT2D eigenvalue weighted by molar-refractivity contribution is 0.0362. The van der Waals surface area contributed by atoms with E-state index in [9.17, 15) is 0 Å². The molecule has 2 unspecified atom stereocenters. The van der Waals surface area contributed by atoms with Crippen molar-refractivity contribution in [2.24, 2.45) is 0 Å². The van der Waals surface area contributed by atoms with Crippen molar-refractivity contribution in [1.82, 2.24) is 19.8 Å². The van der Waals surface area contributed by atoms with E-state index in [0.717, 1.165) is 39.4 Å². The summed E-state index contributed by atoms with van der Waals surface area (Å²) >= 11 is 0. The van der Waals surface area contributed by atoms with Crippen molar-refractivity contribution in [3.05, 3.63) is 18.2 Å². The minimum absolute atomic E-state index is 0.478. The molecule has 3 rings (SSSR count). The average molecular weight is 278 g/mol. The molecule has 1 N–H and O–H groups in total. The molecule has 2 fully saturated rings. The van der Waals surface area contributed by atoms with Crippen LogP contribution in [0.25, 0.3) is 0 Å². The number of imidazole rings is 1. The second-order valence-electron chi connectivity index (χ2n) is 6.02. The van der Waals surface area contributed by atoms with Crippen molar-refractivity contribution in [3.63, 3.8) is 0 Å². The van der Waals surface area contributed by atoms with Crippen molar-refractivity contribution in [2.75, 3.05) is 32.8 Å². The van der Waals surface area contributed by atoms with E-state index in [1.807, 2.05) is 12.5 Å². The lowest BCUT2D eigenvalue weighted by Crippen LogP contribution is -2.39. The molecular weight excluding hydrogens is 252 g/mol. The van der Waals surface area contributed by atoms with E-state index < -0.39 is 0 Å². The van der Waals surface area contributed by atoms with E-state index in [4.69, 9.17) is 4.74 Å². The number of nitrogens with zero attached hydrogens (tertiary/aromatic N) is 3. The molecule has 0 bridgehead atoms. The number of morpholine rings is 1. The molecule has 0 aromatic carbocycles. The number of hydrogen-bond acceptors (Lipinski definition) is 4. The van der Waals surface area contributed by atoms with Gasteiger partial charge in [-0.05, 0) is 26.2 Å². The average Bonchev–Trinajstić information content (AvgIpc) is 2.95. The summed E-state index contributed by atoms with van der Waals surface area (Å²) in [5, 5.41) is 3.70. The highest BCUT2D eigenvalue weighted by molar-refractivity contribution is 5.07. The lowest BCUT2D eigenvalue weighted by Gasteiger charge is -2.30. The van der Waals surface area contributed by atoms with Gasteiger partial charge in [0.05, 0.1) is 25.2 Å². The molecule has 5 heteroatoms. The first-order chi connectivity index (χ1) is 9.83. The van der Waals surface area contributed by atoms with Gasteiger partial charge in [-0.15, -0.1) is 0 Å². The normalized spacial score (nSPS) is 28.6. The highest BCUT2D eigenvalue weighted by Gasteiger charge is 2.22. The zero-order chi connectivity index (χ0) is 13.8. The Balaban J connectivity index is 1.58. The topological polar surface area (TPSA) is 42.3 Å². The summed E-state index contributed by atoms with van der Waals surface area (Å²) in [5.41, 5.74) is 1.35. The van der Waals surface area contributed by atoms with Crippen LogP contribution in [0.3, 0.4) is 0 Å². The number of aromatic nitrogens is 2. The quantitative estimate of drug-likeness (QED) is 0.904. The fourth-order valence-electron chi connectivity index (χ4n) is 3.25. The fourth-order valence-corrected chi connectivity index (χ4v) is 3.25. The van der Waals surface area contributed by atoms with Crippen LogP contribution in [0.2, 0.25) is 0 Å². The molecule has 2 aliphatic rings. The van der Waals surface area contributed by atoms with Crippen LogP contribution in [0, 0.1) is 0 Å². The van der Waals surface area contributed by atoms with Crippen LogP contribution in [-0.4, -0.2) is 53.3 Å². The van der Waals surface area contributed by atoms with Crippen LogP contribution in [0.4, 0.5) is 0 Å². The highest BCUT2D eigenvalue weighted by atomic mass is 16.5. The zero-order valence-corrected chi connectivity index (χ0v) is 12.4. The molecule has 2 aliphatic heterocycles. The summed E-state index contributed by atoms with van der Waals surface area (Å²) in [6.07, 6.45) is 7.85. The Bertz CT molecular complexity index is 414. The standard InChI is InChI=1S/C15H26N4O/c1-13-3-2-4-14(17-13)15-11-16-12-19(15)6-5-18-7-9-20-10-8-18/h11-14,17H,2-10H2,1H3. The minimum Gasteiger partial charge on any atom is -0.379 e. The largest absolute Gasteiger partial charge is 0.379 e. The third-order valence-corrected chi connectivity index (χ3v) is 4.48. The Morgan fingerprint density at radius 2 is 2.15 bits per heavy atom. The summed E-state index contributed by atoms with van der Waals surface area (Å²) < 4.78 is 7.72. The van der Waals surface area contributed by atoms with Gasteiger partial charge in [0.2, 0.25) is 0 Å². The van der Waals surface area contributed by atoms with Gasteiger partial charge in [-0.3, -0.25) is 4.90 Å². The molecular formula is C15H26N4O. The zero-order valence-electron chi connectivity index (χ0n) is 12.4. The molecule has 1 aromatic heterocycles. The Morgan fingerprint density at radius 3 is 2.95 bits per heavy atom. The molecule has 20 heavy (non-hydrogen) atoms. The van der Waals surface area contributed by atoms with Gasteiger partial charge < -0.3 is 14.6 Å². The maximum atomic E-state index is 5.40. The molecule has 0 aliphatic carbocycles. The third kappa shape index (κ3) is 3.40. The van der Waals surface area contributed by atoms with Gasteiger partial charge in [-0.1, -0.05) is 0 Å². The summed E-state index contributed by atoms with van der Waals surface area (Å²) in [7, 11) is 0. The number of hydrogen-bond donors (Lipinski definition) is 1. The molecule has 0 amide bonds. The molecule has 2 atom stereocenters. The summed E-state index contributed by atoms with van der Waals surface area (Å²) in [4.78, 5) is 6.84. The van der Waals surface area contributed by atoms with E-state index in [0.29, 0.717) is 12.1 Å². The molecule has 112 valence electrons. The van der Waals surface area contributed by atoms with Crippen LogP contribution >= 0.6 is 0 Å². The Morgan fingerprint density at radius 1 is 1.30 bits per heavy atom. The molecule has 2 saturated heterocycles. The monoisotopic (exact) mass is 278 g/mol. The second-order valence-corrected chi connectivity index (χ2v) is 6.02. The first-order valence-electron chi connectivity index (χ1n) is 7.89. The Kier molecular flexibility index (Phi) is 4.70. The van der Waals surface area contributed by atoms with Crippen LogP contribution in [-0.2, 0) is 11.3 Å². The highest BCUT2D eigenvalue weighted by Crippen LogP contribution is 2.25. The van der Waals surface area contributed by atoms with Gasteiger partial charge in [0.15, 0.2) is 0 Å². The molecule has 1 aromatic rings. The summed E-state index contributed by atoms with van der Waals surface area (Å²) in [5.74, 6) is 0. The lowest BCUT2D eigenvalue weighted by atomic mass is 9.97. The van der Waals surface area contributed by atoms with Gasteiger partial charge in [-0.25, -0.2) is 4.98 Å². The Labute approximate surface area is 121 Å². The van der Waals surface area contributed by atoms with E-state index in [-0.39, 0.29) is 0 Å². The minimum atomic E-state index is 0.478. The van der Waals surface area contributed by atoms with Crippen LogP contribution < -0.4 is 5.32 Å². The van der Waals surface area contributed by atoms with Gasteiger partial charge in [-0.2, -0.15) is 0 Å². The van der Waals surface area contributed by atoms with Crippen molar-refractivity contribution in [2.45, 2.75) is 44.8 Å². The maximum Gasteiger partial charge on any atom is 0.0949 e. The van der Waals surface area contributed by atoms with Gasteiger partial charge >= 0.3 is 0 Å². The Hall–Kier alpha value is -0.910. The van der Waals surface area contributed by atoms with E-state index in [2.05, 4.69) is 26.7 Å². The summed E-state index contributed by atoms with van der Waals surface area (Å²) in [6, 6.07) is 1.10. The van der Waals surface area contributed by atoms with Crippen LogP contribution in [0.1, 0.15) is 37.9 Å². The molecule has 0 spiro atoms. The van der Waals surface area contributed by atoms with Crippen LogP contribution in [0.5, 0.6) is 0 Å². The number of rotatable bonds is 4. The van der Waals surface area contributed by atoms with E-state index in [1.54, 1.807) is 0 Å². The molecule has 3 heterocycles. The van der Waals surface area contributed by atoms with Crippen molar-refractivity contribution < 1.29 is 4.74 Å². The third-order valence-electron chi connectivity index (χ3n) is 4.48. The predicted octanol–water partition coefficient (Wildman–Crippen LogP) is 1.42. The molecule has 0 radical (unpaired) electrons. The smallest absolute Gasteiger partial charge is 0.0949 e. The van der Waals surface area contributed by atoms with Gasteiger partial charge in [0, 0.05) is 44.5 Å². The first kappa shape index (κ1) is 14.0.